The largest absolute Gasteiger partial charge is 0.366 e. The average Bonchev–Trinajstić information content (AvgIpc) is 3.35. The molecule has 6 rings (SSSR count). The second-order valence-electron chi connectivity index (χ2n) is 8.93. The molecule has 35 heavy (non-hydrogen) atoms. The summed E-state index contributed by atoms with van der Waals surface area (Å²) < 4.78 is 0. The van der Waals surface area contributed by atoms with E-state index >= 15 is 0 Å². The fourth-order valence-corrected chi connectivity index (χ4v) is 4.89. The van der Waals surface area contributed by atoms with Crippen LogP contribution in [-0.4, -0.2) is 40.6 Å². The molecular weight excluding hydrogens is 432 g/mol. The first kappa shape index (κ1) is 21.4. The van der Waals surface area contributed by atoms with Gasteiger partial charge in [0.25, 0.3) is 0 Å². The Morgan fingerprint density at radius 1 is 0.914 bits per heavy atom. The minimum atomic E-state index is 0.432. The third-order valence-corrected chi connectivity index (χ3v) is 6.64. The zero-order valence-electron chi connectivity index (χ0n) is 19.5. The van der Waals surface area contributed by atoms with Crippen LogP contribution in [0.2, 0.25) is 0 Å². The lowest BCUT2D eigenvalue weighted by Crippen LogP contribution is -2.52. The normalized spacial score (nSPS) is 15.9. The van der Waals surface area contributed by atoms with Crippen molar-refractivity contribution >= 4 is 28.2 Å². The Labute approximate surface area is 205 Å². The molecule has 1 fully saturated rings. The minimum absolute atomic E-state index is 0.432. The second kappa shape index (κ2) is 9.60. The van der Waals surface area contributed by atoms with Gasteiger partial charge in [0.15, 0.2) is 0 Å². The molecule has 3 aromatic carbocycles. The van der Waals surface area contributed by atoms with Crippen LogP contribution >= 0.6 is 0 Å². The Bertz CT molecular complexity index is 1410. The number of H-pyrrole nitrogens is 1. The number of nitrogens with zero attached hydrogens (tertiary/aromatic N) is 3. The van der Waals surface area contributed by atoms with Crippen LogP contribution < -0.4 is 15.5 Å². The lowest BCUT2D eigenvalue weighted by Gasteiger charge is -2.38. The van der Waals surface area contributed by atoms with E-state index in [4.69, 9.17) is 4.98 Å². The van der Waals surface area contributed by atoms with Crippen molar-refractivity contribution in [2.45, 2.75) is 12.5 Å². The molecule has 0 amide bonds. The van der Waals surface area contributed by atoms with Gasteiger partial charge in [0.2, 0.25) is 5.95 Å². The molecule has 1 aliphatic heterocycles. The van der Waals surface area contributed by atoms with Crippen LogP contribution in [-0.2, 0) is 6.42 Å². The summed E-state index contributed by atoms with van der Waals surface area (Å²) in [6.07, 6.45) is 4.84. The van der Waals surface area contributed by atoms with E-state index in [2.05, 4.69) is 92.2 Å². The molecular formula is C29H28N6. The van der Waals surface area contributed by atoms with Crippen LogP contribution in [0.4, 0.5) is 17.3 Å². The van der Waals surface area contributed by atoms with Crippen molar-refractivity contribution in [1.29, 1.82) is 0 Å². The number of piperazine rings is 1. The molecule has 3 heterocycles. The fourth-order valence-electron chi connectivity index (χ4n) is 4.89. The van der Waals surface area contributed by atoms with E-state index in [1.807, 2.05) is 24.4 Å². The number of anilines is 3. The summed E-state index contributed by atoms with van der Waals surface area (Å²) >= 11 is 0. The number of benzene rings is 3. The topological polar surface area (TPSA) is 68.9 Å². The molecule has 1 unspecified atom stereocenters. The van der Waals surface area contributed by atoms with Gasteiger partial charge in [-0.2, -0.15) is 0 Å². The summed E-state index contributed by atoms with van der Waals surface area (Å²) in [4.78, 5) is 15.1. The van der Waals surface area contributed by atoms with E-state index in [0.717, 1.165) is 53.9 Å². The zero-order chi connectivity index (χ0) is 23.5. The van der Waals surface area contributed by atoms with Crippen LogP contribution in [0.5, 0.6) is 0 Å². The predicted molar refractivity (Wildman–Crippen MR) is 143 cm³/mol. The highest BCUT2D eigenvalue weighted by atomic mass is 15.2. The van der Waals surface area contributed by atoms with Crippen LogP contribution in [0, 0.1) is 0 Å². The third-order valence-electron chi connectivity index (χ3n) is 6.64. The number of fused-ring (bicyclic) bond motifs is 1. The van der Waals surface area contributed by atoms with Gasteiger partial charge in [-0.15, -0.1) is 0 Å². The molecule has 3 N–H and O–H groups in total. The maximum atomic E-state index is 4.77. The molecule has 1 aliphatic rings. The number of nitrogens with one attached hydrogen (secondary N) is 3. The van der Waals surface area contributed by atoms with Crippen LogP contribution in [0.15, 0.2) is 97.3 Å². The maximum absolute atomic E-state index is 4.77. The van der Waals surface area contributed by atoms with Crippen LogP contribution in [0.1, 0.15) is 5.56 Å². The third kappa shape index (κ3) is 4.61. The van der Waals surface area contributed by atoms with Crippen molar-refractivity contribution in [3.63, 3.8) is 0 Å². The lowest BCUT2D eigenvalue weighted by atomic mass is 10.0. The summed E-state index contributed by atoms with van der Waals surface area (Å²) in [7, 11) is 0. The van der Waals surface area contributed by atoms with E-state index in [0.29, 0.717) is 12.0 Å². The molecule has 6 heteroatoms. The fraction of sp³-hybridized carbons (Fsp3) is 0.172. The first-order valence-electron chi connectivity index (χ1n) is 12.1. The van der Waals surface area contributed by atoms with Gasteiger partial charge in [0.05, 0.1) is 5.69 Å². The molecule has 5 aromatic rings. The standard InChI is InChI=1S/C29H28N6/c1-2-6-21(7-3-1)18-24-19-30-16-17-35(24)23-12-10-22(11-13-23)33-29-31-15-14-28(34-29)26-20-32-27-9-5-4-8-25(26)27/h1-15,20,24,30,32H,16-19H2,(H,31,33,34). The summed E-state index contributed by atoms with van der Waals surface area (Å²) in [6.45, 7) is 2.99. The summed E-state index contributed by atoms with van der Waals surface area (Å²) in [5, 5.41) is 8.08. The van der Waals surface area contributed by atoms with Gasteiger partial charge >= 0.3 is 0 Å². The van der Waals surface area contributed by atoms with E-state index in [-0.39, 0.29) is 0 Å². The van der Waals surface area contributed by atoms with Crippen molar-refractivity contribution in [1.82, 2.24) is 20.3 Å². The lowest BCUT2D eigenvalue weighted by molar-refractivity contribution is 0.473. The predicted octanol–water partition coefficient (Wildman–Crippen LogP) is 5.39. The Morgan fingerprint density at radius 2 is 1.74 bits per heavy atom. The Hall–Kier alpha value is -4.16. The molecule has 6 nitrogen and oxygen atoms in total. The van der Waals surface area contributed by atoms with Crippen molar-refractivity contribution < 1.29 is 0 Å². The minimum Gasteiger partial charge on any atom is -0.366 e. The number of hydrogen-bond acceptors (Lipinski definition) is 5. The number of aromatic amines is 1. The number of para-hydroxylation sites is 1. The molecule has 0 bridgehead atoms. The van der Waals surface area contributed by atoms with Gasteiger partial charge < -0.3 is 20.5 Å². The highest BCUT2D eigenvalue weighted by Gasteiger charge is 2.22. The van der Waals surface area contributed by atoms with Gasteiger partial charge in [0, 0.05) is 65.9 Å². The highest BCUT2D eigenvalue weighted by Crippen LogP contribution is 2.28. The second-order valence-corrected chi connectivity index (χ2v) is 8.93. The first-order chi connectivity index (χ1) is 17.3. The highest BCUT2D eigenvalue weighted by molar-refractivity contribution is 5.94. The Morgan fingerprint density at radius 3 is 2.63 bits per heavy atom. The van der Waals surface area contributed by atoms with E-state index in [1.54, 1.807) is 6.20 Å². The summed E-state index contributed by atoms with van der Waals surface area (Å²) in [5.74, 6) is 0.588. The molecule has 1 atom stereocenters. The summed E-state index contributed by atoms with van der Waals surface area (Å²) in [6, 6.07) is 30.0. The summed E-state index contributed by atoms with van der Waals surface area (Å²) in [5.41, 5.74) is 6.65. The van der Waals surface area contributed by atoms with Gasteiger partial charge in [0.1, 0.15) is 0 Å². The quantitative estimate of drug-likeness (QED) is 0.317. The van der Waals surface area contributed by atoms with Gasteiger partial charge in [-0.1, -0.05) is 48.5 Å². The van der Waals surface area contributed by atoms with E-state index in [1.165, 1.54) is 11.3 Å². The van der Waals surface area contributed by atoms with Gasteiger partial charge in [-0.3, -0.25) is 0 Å². The first-order valence-corrected chi connectivity index (χ1v) is 12.1. The SMILES string of the molecule is c1ccc(CC2CNCCN2c2ccc(Nc3nccc(-c4c[nH]c5ccccc45)n3)cc2)cc1. The average molecular weight is 461 g/mol. The molecule has 2 aromatic heterocycles. The molecule has 0 aliphatic carbocycles. The van der Waals surface area contributed by atoms with Crippen molar-refractivity contribution in [2.75, 3.05) is 29.9 Å². The molecule has 0 spiro atoms. The monoisotopic (exact) mass is 460 g/mol. The maximum Gasteiger partial charge on any atom is 0.227 e. The number of aromatic nitrogens is 3. The Kier molecular flexibility index (Phi) is 5.87. The van der Waals surface area contributed by atoms with E-state index in [9.17, 15) is 0 Å². The molecule has 0 saturated carbocycles. The number of rotatable bonds is 6. The van der Waals surface area contributed by atoms with Crippen molar-refractivity contribution in [3.05, 3.63) is 103 Å². The van der Waals surface area contributed by atoms with Gasteiger partial charge in [-0.25, -0.2) is 9.97 Å². The van der Waals surface area contributed by atoms with Crippen LogP contribution in [0.25, 0.3) is 22.2 Å². The molecule has 1 saturated heterocycles. The smallest absolute Gasteiger partial charge is 0.227 e. The van der Waals surface area contributed by atoms with Crippen molar-refractivity contribution in [2.24, 2.45) is 0 Å². The zero-order valence-corrected chi connectivity index (χ0v) is 19.5. The van der Waals surface area contributed by atoms with Crippen molar-refractivity contribution in [3.8, 4) is 11.3 Å². The number of hydrogen-bond donors (Lipinski definition) is 3. The van der Waals surface area contributed by atoms with E-state index < -0.39 is 0 Å². The van der Waals surface area contributed by atoms with Crippen LogP contribution in [0.3, 0.4) is 0 Å². The van der Waals surface area contributed by atoms with Gasteiger partial charge in [-0.05, 0) is 48.4 Å². The molecule has 174 valence electrons. The Balaban J connectivity index is 1.19. The molecule has 0 radical (unpaired) electrons.